The number of benzene rings is 2. The number of primary amides is 1. The van der Waals surface area contributed by atoms with Gasteiger partial charge in [0.05, 0.1) is 23.3 Å². The molecule has 8 heteroatoms. The summed E-state index contributed by atoms with van der Waals surface area (Å²) in [7, 11) is 1.67. The number of anilines is 2. The molecule has 2 aromatic rings. The molecule has 0 heterocycles. The van der Waals surface area contributed by atoms with Crippen LogP contribution in [0.4, 0.5) is 11.4 Å². The Labute approximate surface area is 162 Å². The molecule has 27 heavy (non-hydrogen) atoms. The number of nitrogens with one attached hydrogen (secondary N) is 2. The molecule has 3 amide bonds. The van der Waals surface area contributed by atoms with E-state index in [0.29, 0.717) is 22.0 Å². The van der Waals surface area contributed by atoms with E-state index in [2.05, 4.69) is 10.6 Å². The Morgan fingerprint density at radius 3 is 2.30 bits per heavy atom. The van der Waals surface area contributed by atoms with E-state index in [1.54, 1.807) is 55.3 Å². The molecular formula is C19H21ClN4O3. The van der Waals surface area contributed by atoms with Crippen LogP contribution in [-0.2, 0) is 9.59 Å². The van der Waals surface area contributed by atoms with Crippen molar-refractivity contribution in [2.24, 2.45) is 5.73 Å². The Balaban J connectivity index is 1.90. The molecule has 0 radical (unpaired) electrons. The molecule has 2 rings (SSSR count). The molecule has 0 aliphatic carbocycles. The van der Waals surface area contributed by atoms with Gasteiger partial charge >= 0.3 is 0 Å². The molecule has 1 atom stereocenters. The van der Waals surface area contributed by atoms with Crippen molar-refractivity contribution in [2.45, 2.75) is 13.0 Å². The molecule has 7 nitrogen and oxygen atoms in total. The molecule has 0 bridgehead atoms. The Morgan fingerprint density at radius 1 is 1.07 bits per heavy atom. The van der Waals surface area contributed by atoms with Crippen LogP contribution in [0.5, 0.6) is 0 Å². The minimum absolute atomic E-state index is 0.0143. The van der Waals surface area contributed by atoms with Crippen LogP contribution in [0.2, 0.25) is 5.02 Å². The third-order valence-electron chi connectivity index (χ3n) is 4.02. The number of para-hydroxylation sites is 1. The molecule has 0 aromatic heterocycles. The second-order valence-corrected chi connectivity index (χ2v) is 6.46. The number of hydrogen-bond donors (Lipinski definition) is 3. The Morgan fingerprint density at radius 2 is 1.70 bits per heavy atom. The standard InChI is InChI=1S/C19H21ClN4O3/c1-12(19(27)22-14-9-7-13(8-10-14)18(21)26)24(2)11-17(25)23-16-6-4-3-5-15(16)20/h3-10,12H,11H2,1-2H3,(H2,21,26)(H,22,27)(H,23,25). The predicted molar refractivity (Wildman–Crippen MR) is 106 cm³/mol. The second kappa shape index (κ2) is 9.16. The van der Waals surface area contributed by atoms with Gasteiger partial charge in [0, 0.05) is 11.3 Å². The predicted octanol–water partition coefficient (Wildman–Crippen LogP) is 2.34. The quantitative estimate of drug-likeness (QED) is 0.677. The Hall–Kier alpha value is -2.90. The zero-order chi connectivity index (χ0) is 20.0. The van der Waals surface area contributed by atoms with Crippen molar-refractivity contribution in [2.75, 3.05) is 24.2 Å². The van der Waals surface area contributed by atoms with Gasteiger partial charge in [0.25, 0.3) is 0 Å². The van der Waals surface area contributed by atoms with Gasteiger partial charge in [0.1, 0.15) is 0 Å². The van der Waals surface area contributed by atoms with Crippen molar-refractivity contribution in [3.63, 3.8) is 0 Å². The maximum absolute atomic E-state index is 12.4. The summed E-state index contributed by atoms with van der Waals surface area (Å²) >= 11 is 6.02. The van der Waals surface area contributed by atoms with Crippen LogP contribution in [-0.4, -0.2) is 42.3 Å². The highest BCUT2D eigenvalue weighted by molar-refractivity contribution is 6.33. The highest BCUT2D eigenvalue weighted by Crippen LogP contribution is 2.20. The van der Waals surface area contributed by atoms with Crippen LogP contribution >= 0.6 is 11.6 Å². The molecular weight excluding hydrogens is 368 g/mol. The lowest BCUT2D eigenvalue weighted by molar-refractivity contribution is -0.122. The smallest absolute Gasteiger partial charge is 0.248 e. The van der Waals surface area contributed by atoms with Gasteiger partial charge < -0.3 is 16.4 Å². The van der Waals surface area contributed by atoms with Gasteiger partial charge in [-0.1, -0.05) is 23.7 Å². The van der Waals surface area contributed by atoms with E-state index in [-0.39, 0.29) is 18.4 Å². The fraction of sp³-hybridized carbons (Fsp3) is 0.211. The van der Waals surface area contributed by atoms with Gasteiger partial charge in [-0.3, -0.25) is 19.3 Å². The van der Waals surface area contributed by atoms with Crippen LogP contribution < -0.4 is 16.4 Å². The average molecular weight is 389 g/mol. The van der Waals surface area contributed by atoms with Crippen LogP contribution in [0.25, 0.3) is 0 Å². The highest BCUT2D eigenvalue weighted by atomic mass is 35.5. The van der Waals surface area contributed by atoms with Crippen LogP contribution in [0.1, 0.15) is 17.3 Å². The third kappa shape index (κ3) is 5.80. The van der Waals surface area contributed by atoms with Gasteiger partial charge in [-0.2, -0.15) is 0 Å². The van der Waals surface area contributed by atoms with Crippen LogP contribution in [0.3, 0.4) is 0 Å². The lowest BCUT2D eigenvalue weighted by atomic mass is 10.2. The molecule has 0 aliphatic heterocycles. The van der Waals surface area contributed by atoms with Crippen molar-refractivity contribution in [1.29, 1.82) is 0 Å². The van der Waals surface area contributed by atoms with Crippen molar-refractivity contribution in [3.8, 4) is 0 Å². The Bertz CT molecular complexity index is 839. The molecule has 4 N–H and O–H groups in total. The largest absolute Gasteiger partial charge is 0.366 e. The average Bonchev–Trinajstić information content (AvgIpc) is 2.63. The van der Waals surface area contributed by atoms with Gasteiger partial charge in [0.15, 0.2) is 0 Å². The number of amides is 3. The fourth-order valence-electron chi connectivity index (χ4n) is 2.28. The van der Waals surface area contributed by atoms with Crippen molar-refractivity contribution in [1.82, 2.24) is 4.90 Å². The first-order chi connectivity index (χ1) is 12.8. The molecule has 2 aromatic carbocycles. The lowest BCUT2D eigenvalue weighted by Crippen LogP contribution is -2.43. The number of nitrogens with zero attached hydrogens (tertiary/aromatic N) is 1. The number of carbonyl (C=O) groups is 3. The summed E-state index contributed by atoms with van der Waals surface area (Å²) in [5, 5.41) is 5.89. The summed E-state index contributed by atoms with van der Waals surface area (Å²) in [5.41, 5.74) is 6.59. The molecule has 0 saturated heterocycles. The summed E-state index contributed by atoms with van der Waals surface area (Å²) in [6.07, 6.45) is 0. The summed E-state index contributed by atoms with van der Waals surface area (Å²) in [4.78, 5) is 37.2. The summed E-state index contributed by atoms with van der Waals surface area (Å²) in [5.74, 6) is -1.10. The normalized spacial score (nSPS) is 11.7. The topological polar surface area (TPSA) is 105 Å². The maximum Gasteiger partial charge on any atom is 0.248 e. The van der Waals surface area contributed by atoms with Gasteiger partial charge in [-0.05, 0) is 50.4 Å². The number of nitrogens with two attached hydrogens (primary N) is 1. The molecule has 0 spiro atoms. The summed E-state index contributed by atoms with van der Waals surface area (Å²) in [6, 6.07) is 12.6. The van der Waals surface area contributed by atoms with Crippen molar-refractivity contribution < 1.29 is 14.4 Å². The van der Waals surface area contributed by atoms with Crippen molar-refractivity contribution in [3.05, 3.63) is 59.1 Å². The lowest BCUT2D eigenvalue weighted by Gasteiger charge is -2.23. The van der Waals surface area contributed by atoms with Crippen LogP contribution in [0.15, 0.2) is 48.5 Å². The van der Waals surface area contributed by atoms with E-state index in [1.807, 2.05) is 0 Å². The fourth-order valence-corrected chi connectivity index (χ4v) is 2.46. The second-order valence-electron chi connectivity index (χ2n) is 6.05. The summed E-state index contributed by atoms with van der Waals surface area (Å²) in [6.45, 7) is 1.70. The first kappa shape index (κ1) is 20.4. The molecule has 142 valence electrons. The van der Waals surface area contributed by atoms with Gasteiger partial charge in [-0.25, -0.2) is 0 Å². The SMILES string of the molecule is CC(C(=O)Nc1ccc(C(N)=O)cc1)N(C)CC(=O)Nc1ccccc1Cl. The number of halogens is 1. The minimum Gasteiger partial charge on any atom is -0.366 e. The number of carbonyl (C=O) groups excluding carboxylic acids is 3. The molecule has 0 saturated carbocycles. The van der Waals surface area contributed by atoms with E-state index < -0.39 is 11.9 Å². The van der Waals surface area contributed by atoms with Crippen LogP contribution in [0, 0.1) is 0 Å². The van der Waals surface area contributed by atoms with Crippen molar-refractivity contribution >= 4 is 40.7 Å². The van der Waals surface area contributed by atoms with E-state index in [4.69, 9.17) is 17.3 Å². The monoisotopic (exact) mass is 388 g/mol. The number of hydrogen-bond acceptors (Lipinski definition) is 4. The van der Waals surface area contributed by atoms with E-state index in [1.165, 1.54) is 12.1 Å². The van der Waals surface area contributed by atoms with E-state index in [0.717, 1.165) is 0 Å². The van der Waals surface area contributed by atoms with Gasteiger partial charge in [0.2, 0.25) is 17.7 Å². The first-order valence-corrected chi connectivity index (χ1v) is 8.61. The number of likely N-dealkylation sites (N-methyl/N-ethyl adjacent to an activating group) is 1. The maximum atomic E-state index is 12.4. The van der Waals surface area contributed by atoms with E-state index in [9.17, 15) is 14.4 Å². The molecule has 1 unspecified atom stereocenters. The zero-order valence-corrected chi connectivity index (χ0v) is 15.8. The Kier molecular flexibility index (Phi) is 6.92. The first-order valence-electron chi connectivity index (χ1n) is 8.23. The summed E-state index contributed by atoms with van der Waals surface area (Å²) < 4.78 is 0. The molecule has 0 fully saturated rings. The highest BCUT2D eigenvalue weighted by Gasteiger charge is 2.20. The minimum atomic E-state index is -0.558. The van der Waals surface area contributed by atoms with E-state index >= 15 is 0 Å². The zero-order valence-electron chi connectivity index (χ0n) is 15.0. The van der Waals surface area contributed by atoms with Gasteiger partial charge in [-0.15, -0.1) is 0 Å². The molecule has 0 aliphatic rings. The third-order valence-corrected chi connectivity index (χ3v) is 4.35. The number of rotatable bonds is 7.